The first-order valence-electron chi connectivity index (χ1n) is 7.61. The van der Waals surface area contributed by atoms with E-state index in [9.17, 15) is 0 Å². The van der Waals surface area contributed by atoms with E-state index in [1.54, 1.807) is 0 Å². The highest BCUT2D eigenvalue weighted by Gasteiger charge is 2.15. The van der Waals surface area contributed by atoms with Crippen LogP contribution in [-0.2, 0) is 13.1 Å². The number of hydrogen-bond donors (Lipinski definition) is 1. The Hall–Kier alpha value is -1.55. The second-order valence-electron chi connectivity index (χ2n) is 5.73. The van der Waals surface area contributed by atoms with Crippen LogP contribution in [0.4, 0.5) is 0 Å². The summed E-state index contributed by atoms with van der Waals surface area (Å²) in [7, 11) is 2.09. The van der Waals surface area contributed by atoms with Crippen LogP contribution in [0.15, 0.2) is 29.3 Å². The first-order valence-corrected chi connectivity index (χ1v) is 7.61. The van der Waals surface area contributed by atoms with E-state index in [0.717, 1.165) is 32.1 Å². The molecule has 2 aliphatic heterocycles. The van der Waals surface area contributed by atoms with Crippen molar-refractivity contribution in [2.45, 2.75) is 25.9 Å². The van der Waals surface area contributed by atoms with Crippen LogP contribution in [0.2, 0.25) is 0 Å². The molecule has 0 atom stereocenters. The van der Waals surface area contributed by atoms with Crippen LogP contribution in [0.1, 0.15) is 24.0 Å². The Kier molecular flexibility index (Phi) is 4.21. The summed E-state index contributed by atoms with van der Waals surface area (Å²) in [4.78, 5) is 9.22. The van der Waals surface area contributed by atoms with Gasteiger partial charge in [-0.25, -0.2) is 0 Å². The van der Waals surface area contributed by atoms with Gasteiger partial charge in [-0.1, -0.05) is 24.3 Å². The largest absolute Gasteiger partial charge is 0.352 e. The predicted molar refractivity (Wildman–Crippen MR) is 82.7 cm³/mol. The second-order valence-corrected chi connectivity index (χ2v) is 5.73. The monoisotopic (exact) mass is 272 g/mol. The average Bonchev–Trinajstić information content (AvgIpc) is 3.10. The number of nitrogens with one attached hydrogen (secondary N) is 1. The Balaban J connectivity index is 1.63. The second kappa shape index (κ2) is 6.27. The zero-order valence-corrected chi connectivity index (χ0v) is 12.3. The summed E-state index contributed by atoms with van der Waals surface area (Å²) in [5, 5.41) is 3.47. The molecule has 4 heteroatoms. The molecule has 0 unspecified atom stereocenters. The van der Waals surface area contributed by atoms with E-state index in [1.807, 2.05) is 0 Å². The summed E-state index contributed by atoms with van der Waals surface area (Å²) in [6, 6.07) is 8.77. The van der Waals surface area contributed by atoms with Crippen LogP contribution in [0.25, 0.3) is 0 Å². The van der Waals surface area contributed by atoms with Crippen molar-refractivity contribution in [1.82, 2.24) is 15.1 Å². The predicted octanol–water partition coefficient (Wildman–Crippen LogP) is 1.67. The van der Waals surface area contributed by atoms with Crippen molar-refractivity contribution in [1.29, 1.82) is 0 Å². The fraction of sp³-hybridized carbons (Fsp3) is 0.562. The number of aliphatic imine (C=N–C) groups is 1. The Morgan fingerprint density at radius 3 is 2.55 bits per heavy atom. The first-order chi connectivity index (χ1) is 9.83. The molecule has 0 aromatic heterocycles. The SMILES string of the molecule is CN1CCN=C1NCc1ccccc1CN1CCCC1. The van der Waals surface area contributed by atoms with Crippen molar-refractivity contribution in [3.05, 3.63) is 35.4 Å². The Morgan fingerprint density at radius 1 is 1.10 bits per heavy atom. The highest BCUT2D eigenvalue weighted by Crippen LogP contribution is 2.16. The lowest BCUT2D eigenvalue weighted by atomic mass is 10.1. The van der Waals surface area contributed by atoms with Crippen LogP contribution in [0, 0.1) is 0 Å². The molecule has 0 bridgehead atoms. The fourth-order valence-electron chi connectivity index (χ4n) is 2.96. The van der Waals surface area contributed by atoms with Crippen LogP contribution < -0.4 is 5.32 Å². The molecule has 1 N–H and O–H groups in total. The van der Waals surface area contributed by atoms with Crippen molar-refractivity contribution in [3.8, 4) is 0 Å². The summed E-state index contributed by atoms with van der Waals surface area (Å²) in [6.45, 7) is 6.38. The van der Waals surface area contributed by atoms with Gasteiger partial charge in [-0.05, 0) is 37.1 Å². The highest BCUT2D eigenvalue weighted by molar-refractivity contribution is 5.81. The number of nitrogens with zero attached hydrogens (tertiary/aromatic N) is 3. The Morgan fingerprint density at radius 2 is 1.85 bits per heavy atom. The molecule has 0 saturated carbocycles. The lowest BCUT2D eigenvalue weighted by molar-refractivity contribution is 0.330. The van der Waals surface area contributed by atoms with Crippen molar-refractivity contribution in [2.75, 3.05) is 33.2 Å². The molecule has 0 amide bonds. The van der Waals surface area contributed by atoms with E-state index in [4.69, 9.17) is 0 Å². The number of likely N-dealkylation sites (N-methyl/N-ethyl adjacent to an activating group) is 1. The number of benzene rings is 1. The van der Waals surface area contributed by atoms with Gasteiger partial charge in [0, 0.05) is 26.7 Å². The van der Waals surface area contributed by atoms with E-state index in [1.165, 1.54) is 37.1 Å². The van der Waals surface area contributed by atoms with Crippen molar-refractivity contribution in [3.63, 3.8) is 0 Å². The minimum absolute atomic E-state index is 0.868. The van der Waals surface area contributed by atoms with E-state index in [2.05, 4.69) is 51.4 Å². The van der Waals surface area contributed by atoms with Crippen LogP contribution >= 0.6 is 0 Å². The number of guanidine groups is 1. The molecule has 2 heterocycles. The van der Waals surface area contributed by atoms with Gasteiger partial charge < -0.3 is 10.2 Å². The average molecular weight is 272 g/mol. The zero-order chi connectivity index (χ0) is 13.8. The Bertz CT molecular complexity index is 477. The molecule has 108 valence electrons. The lowest BCUT2D eigenvalue weighted by Gasteiger charge is -2.19. The lowest BCUT2D eigenvalue weighted by Crippen LogP contribution is -2.35. The topological polar surface area (TPSA) is 30.9 Å². The third-order valence-electron chi connectivity index (χ3n) is 4.21. The summed E-state index contributed by atoms with van der Waals surface area (Å²) in [5.74, 6) is 1.03. The maximum absolute atomic E-state index is 4.49. The third-order valence-corrected chi connectivity index (χ3v) is 4.21. The van der Waals surface area contributed by atoms with Gasteiger partial charge in [-0.2, -0.15) is 0 Å². The number of likely N-dealkylation sites (tertiary alicyclic amines) is 1. The zero-order valence-electron chi connectivity index (χ0n) is 12.3. The molecular weight excluding hydrogens is 248 g/mol. The molecule has 1 fully saturated rings. The first kappa shape index (κ1) is 13.4. The van der Waals surface area contributed by atoms with Gasteiger partial charge >= 0.3 is 0 Å². The summed E-state index contributed by atoms with van der Waals surface area (Å²) < 4.78 is 0. The molecular formula is C16H24N4. The van der Waals surface area contributed by atoms with Gasteiger partial charge in [0.1, 0.15) is 0 Å². The minimum atomic E-state index is 0.868. The van der Waals surface area contributed by atoms with Gasteiger partial charge in [0.2, 0.25) is 0 Å². The molecule has 1 saturated heterocycles. The molecule has 1 aromatic rings. The molecule has 3 rings (SSSR count). The highest BCUT2D eigenvalue weighted by atomic mass is 15.3. The van der Waals surface area contributed by atoms with Crippen molar-refractivity contribution >= 4 is 5.96 Å². The normalized spacial score (nSPS) is 19.4. The molecule has 1 aromatic carbocycles. The fourth-order valence-corrected chi connectivity index (χ4v) is 2.96. The van der Waals surface area contributed by atoms with Gasteiger partial charge in [-0.3, -0.25) is 9.89 Å². The van der Waals surface area contributed by atoms with Gasteiger partial charge in [0.05, 0.1) is 6.54 Å². The van der Waals surface area contributed by atoms with E-state index in [-0.39, 0.29) is 0 Å². The van der Waals surface area contributed by atoms with Crippen LogP contribution in [0.5, 0.6) is 0 Å². The van der Waals surface area contributed by atoms with Gasteiger partial charge in [0.15, 0.2) is 5.96 Å². The number of hydrogen-bond acceptors (Lipinski definition) is 4. The van der Waals surface area contributed by atoms with Crippen molar-refractivity contribution < 1.29 is 0 Å². The molecule has 4 nitrogen and oxygen atoms in total. The summed E-state index contributed by atoms with van der Waals surface area (Å²) in [6.07, 6.45) is 2.70. The molecule has 0 spiro atoms. The van der Waals surface area contributed by atoms with Gasteiger partial charge in [0.25, 0.3) is 0 Å². The van der Waals surface area contributed by atoms with Gasteiger partial charge in [-0.15, -0.1) is 0 Å². The Labute approximate surface area is 121 Å². The van der Waals surface area contributed by atoms with E-state index < -0.39 is 0 Å². The standard InChI is InChI=1S/C16H24N4/c1-19-11-8-17-16(19)18-12-14-6-2-3-7-15(14)13-20-9-4-5-10-20/h2-3,6-7H,4-5,8-13H2,1H3,(H,17,18). The maximum Gasteiger partial charge on any atom is 0.194 e. The summed E-state index contributed by atoms with van der Waals surface area (Å²) in [5.41, 5.74) is 2.84. The smallest absolute Gasteiger partial charge is 0.194 e. The van der Waals surface area contributed by atoms with Crippen LogP contribution in [0.3, 0.4) is 0 Å². The van der Waals surface area contributed by atoms with E-state index >= 15 is 0 Å². The van der Waals surface area contributed by atoms with Crippen molar-refractivity contribution in [2.24, 2.45) is 4.99 Å². The number of rotatable bonds is 4. The third kappa shape index (κ3) is 3.12. The molecule has 20 heavy (non-hydrogen) atoms. The molecule has 0 aliphatic carbocycles. The molecule has 2 aliphatic rings. The molecule has 0 radical (unpaired) electrons. The quantitative estimate of drug-likeness (QED) is 0.904. The maximum atomic E-state index is 4.49. The van der Waals surface area contributed by atoms with E-state index in [0.29, 0.717) is 0 Å². The minimum Gasteiger partial charge on any atom is -0.352 e. The van der Waals surface area contributed by atoms with Crippen LogP contribution in [-0.4, -0.2) is 49.0 Å². The summed E-state index contributed by atoms with van der Waals surface area (Å²) >= 11 is 0.